The molecule has 0 saturated carbocycles. The lowest BCUT2D eigenvalue weighted by atomic mass is 10.2. The second-order valence-corrected chi connectivity index (χ2v) is 12.8. The molecule has 0 atom stereocenters. The number of hydrogen-bond donors (Lipinski definition) is 1. The third-order valence-corrected chi connectivity index (χ3v) is 10.2. The molecule has 1 rings (SSSR count). The highest BCUT2D eigenvalue weighted by molar-refractivity contribution is 8.79. The van der Waals surface area contributed by atoms with Gasteiger partial charge in [-0.05, 0) is 30.3 Å². The third kappa shape index (κ3) is 4.49. The summed E-state index contributed by atoms with van der Waals surface area (Å²) in [5.74, 6) is 0. The molecule has 1 aliphatic rings. The molecule has 18 heavy (non-hydrogen) atoms. The Balaban J connectivity index is 2.56. The van der Waals surface area contributed by atoms with Crippen LogP contribution in [0.4, 0.5) is 0 Å². The zero-order valence-corrected chi connectivity index (χ0v) is 14.2. The van der Waals surface area contributed by atoms with Crippen LogP contribution >= 0.6 is 21.6 Å². The number of allylic oxidation sites excluding steroid dienone is 3. The molecule has 6 heteroatoms. The van der Waals surface area contributed by atoms with Crippen molar-refractivity contribution in [2.75, 3.05) is 6.61 Å². The molecule has 0 aromatic heterocycles. The van der Waals surface area contributed by atoms with Crippen LogP contribution in [0.25, 0.3) is 0 Å². The van der Waals surface area contributed by atoms with Gasteiger partial charge in [-0.25, -0.2) is 0 Å². The Hall–Kier alpha value is -0.173. The second-order valence-electron chi connectivity index (χ2n) is 5.66. The van der Waals surface area contributed by atoms with E-state index >= 15 is 0 Å². The molecule has 102 valence electrons. The minimum atomic E-state index is -1.67. The van der Waals surface area contributed by atoms with E-state index in [1.165, 1.54) is 11.1 Å². The van der Waals surface area contributed by atoms with Crippen LogP contribution in [0.2, 0.25) is 18.1 Å². The van der Waals surface area contributed by atoms with Gasteiger partial charge in [0.1, 0.15) is 0 Å². The molecule has 0 saturated heterocycles. The molecule has 0 aromatic carbocycles. The van der Waals surface area contributed by atoms with Crippen LogP contribution in [-0.2, 0) is 4.43 Å². The quantitative estimate of drug-likeness (QED) is 0.270. The smallest absolute Gasteiger partial charge is 0.192 e. The summed E-state index contributed by atoms with van der Waals surface area (Å²) in [6.07, 6.45) is 5.43. The first-order valence-corrected chi connectivity index (χ1v) is 10.9. The predicted molar refractivity (Wildman–Crippen MR) is 84.8 cm³/mol. The molecule has 0 aromatic rings. The van der Waals surface area contributed by atoms with Crippen LogP contribution < -0.4 is 0 Å². The Labute approximate surface area is 118 Å². The lowest BCUT2D eigenvalue weighted by molar-refractivity contribution is 0.322. The van der Waals surface area contributed by atoms with Gasteiger partial charge in [-0.2, -0.15) is 0 Å². The second kappa shape index (κ2) is 6.32. The Morgan fingerprint density at radius 1 is 1.33 bits per heavy atom. The van der Waals surface area contributed by atoms with E-state index in [4.69, 9.17) is 9.63 Å². The molecule has 0 fully saturated rings. The van der Waals surface area contributed by atoms with Crippen molar-refractivity contribution < 1.29 is 9.63 Å². The van der Waals surface area contributed by atoms with Crippen molar-refractivity contribution in [3.05, 3.63) is 22.0 Å². The van der Waals surface area contributed by atoms with Crippen LogP contribution in [0.3, 0.4) is 0 Å². The first-order valence-electron chi connectivity index (χ1n) is 5.83. The average molecular weight is 304 g/mol. The zero-order valence-electron chi connectivity index (χ0n) is 11.6. The van der Waals surface area contributed by atoms with Gasteiger partial charge in [0, 0.05) is 9.81 Å². The Bertz CT molecular complexity index is 384. The van der Waals surface area contributed by atoms with Gasteiger partial charge in [0.15, 0.2) is 8.32 Å². The third-order valence-electron chi connectivity index (χ3n) is 3.24. The first-order chi connectivity index (χ1) is 8.26. The monoisotopic (exact) mass is 303 g/mol. The number of nitrogens with zero attached hydrogens (tertiary/aromatic N) is 1. The maximum absolute atomic E-state index is 8.45. The van der Waals surface area contributed by atoms with E-state index in [0.717, 1.165) is 4.91 Å². The molecule has 0 unspecified atom stereocenters. The number of rotatable bonds is 4. The van der Waals surface area contributed by atoms with Gasteiger partial charge < -0.3 is 9.63 Å². The van der Waals surface area contributed by atoms with Crippen LogP contribution in [0.1, 0.15) is 20.8 Å². The Morgan fingerprint density at radius 2 is 2.00 bits per heavy atom. The van der Waals surface area contributed by atoms with Gasteiger partial charge in [-0.15, -0.1) is 0 Å². The molecule has 1 N–H and O–H groups in total. The summed E-state index contributed by atoms with van der Waals surface area (Å²) in [6, 6.07) is 0. The van der Waals surface area contributed by atoms with Crippen molar-refractivity contribution in [3.63, 3.8) is 0 Å². The lowest BCUT2D eigenvalue weighted by Gasteiger charge is -2.36. The minimum absolute atomic E-state index is 0.241. The van der Waals surface area contributed by atoms with E-state index in [9.17, 15) is 0 Å². The van der Waals surface area contributed by atoms with E-state index in [2.05, 4.69) is 39.0 Å². The van der Waals surface area contributed by atoms with Crippen LogP contribution in [-0.4, -0.2) is 26.3 Å². The largest absolute Gasteiger partial charge is 0.412 e. The molecule has 0 bridgehead atoms. The van der Waals surface area contributed by atoms with Crippen molar-refractivity contribution >= 4 is 36.1 Å². The van der Waals surface area contributed by atoms with Crippen LogP contribution in [0.5, 0.6) is 0 Å². The zero-order chi connectivity index (χ0) is 13.8. The summed E-state index contributed by atoms with van der Waals surface area (Å²) in [7, 11) is 1.58. The summed E-state index contributed by atoms with van der Waals surface area (Å²) in [5, 5.41) is 11.7. The molecule has 1 aliphatic heterocycles. The first kappa shape index (κ1) is 15.9. The summed E-state index contributed by atoms with van der Waals surface area (Å²) in [5.41, 5.74) is 0. The lowest BCUT2D eigenvalue weighted by Crippen LogP contribution is -2.41. The molecule has 3 nitrogen and oxygen atoms in total. The maximum atomic E-state index is 8.45. The van der Waals surface area contributed by atoms with Gasteiger partial charge >= 0.3 is 0 Å². The van der Waals surface area contributed by atoms with Crippen molar-refractivity contribution in [2.45, 2.75) is 38.9 Å². The Kier molecular flexibility index (Phi) is 5.58. The Morgan fingerprint density at radius 3 is 2.44 bits per heavy atom. The van der Waals surface area contributed by atoms with Crippen LogP contribution in [0.15, 0.2) is 27.1 Å². The fourth-order valence-electron chi connectivity index (χ4n) is 0.994. The molecular weight excluding hydrogens is 282 g/mol. The molecular formula is C12H21NO2S2Si. The highest BCUT2D eigenvalue weighted by atomic mass is 33.1. The van der Waals surface area contributed by atoms with Crippen molar-refractivity contribution in [1.82, 2.24) is 0 Å². The van der Waals surface area contributed by atoms with Gasteiger partial charge in [-0.1, -0.05) is 47.5 Å². The molecule has 1 heterocycles. The van der Waals surface area contributed by atoms with Crippen LogP contribution in [0, 0.1) is 0 Å². The summed E-state index contributed by atoms with van der Waals surface area (Å²) >= 11 is 0. The van der Waals surface area contributed by atoms with Gasteiger partial charge in [0.2, 0.25) is 0 Å². The van der Waals surface area contributed by atoms with Gasteiger partial charge in [0.25, 0.3) is 0 Å². The van der Waals surface area contributed by atoms with Crippen molar-refractivity contribution in [3.8, 4) is 0 Å². The molecule has 0 amide bonds. The number of hydrogen-bond acceptors (Lipinski definition) is 5. The maximum Gasteiger partial charge on any atom is 0.192 e. The SMILES string of the molecule is CC(C)(C)[Si](C)(C)OCC1=CC=C(/C=N\O)SS1. The number of oxime groups is 1. The topological polar surface area (TPSA) is 41.8 Å². The molecule has 0 radical (unpaired) electrons. The summed E-state index contributed by atoms with van der Waals surface area (Å²) < 4.78 is 6.15. The van der Waals surface area contributed by atoms with E-state index < -0.39 is 8.32 Å². The standard InChI is InChI=1S/C12H21NO2S2Si/c1-12(2,3)18(4,5)15-9-11-7-6-10(8-13-14)16-17-11/h6-8,14H,9H2,1-5H3/b13-8-. The van der Waals surface area contributed by atoms with Gasteiger partial charge in [-0.3, -0.25) is 0 Å². The fourth-order valence-corrected chi connectivity index (χ4v) is 3.91. The summed E-state index contributed by atoms with van der Waals surface area (Å²) in [6.45, 7) is 11.9. The van der Waals surface area contributed by atoms with E-state index in [0.29, 0.717) is 6.61 Å². The molecule has 0 spiro atoms. The normalized spacial score (nSPS) is 17.8. The minimum Gasteiger partial charge on any atom is -0.412 e. The van der Waals surface area contributed by atoms with E-state index in [1.807, 2.05) is 12.2 Å². The fraction of sp³-hybridized carbons (Fsp3) is 0.583. The highest BCUT2D eigenvalue weighted by Gasteiger charge is 2.37. The molecule has 0 aliphatic carbocycles. The average Bonchev–Trinajstić information content (AvgIpc) is 2.27. The van der Waals surface area contributed by atoms with Crippen molar-refractivity contribution in [1.29, 1.82) is 0 Å². The predicted octanol–water partition coefficient (Wildman–Crippen LogP) is 4.63. The summed E-state index contributed by atoms with van der Waals surface area (Å²) in [4.78, 5) is 2.15. The van der Waals surface area contributed by atoms with E-state index in [-0.39, 0.29) is 5.04 Å². The van der Waals surface area contributed by atoms with Gasteiger partial charge in [0.05, 0.1) is 12.8 Å². The van der Waals surface area contributed by atoms with E-state index in [1.54, 1.807) is 21.6 Å². The van der Waals surface area contributed by atoms with Crippen molar-refractivity contribution in [2.24, 2.45) is 5.16 Å². The highest BCUT2D eigenvalue weighted by Crippen LogP contribution is 2.41.